The molecule has 0 saturated heterocycles. The molecular formula is C14H22N2O2. The molecule has 1 rings (SSSR count). The van der Waals surface area contributed by atoms with Crippen LogP contribution < -0.4 is 5.32 Å². The number of aryl methyl sites for hydroxylation is 1. The number of carbonyl (C=O) groups is 1. The molecule has 1 amide bonds. The second-order valence-electron chi connectivity index (χ2n) is 5.01. The summed E-state index contributed by atoms with van der Waals surface area (Å²) in [6.07, 6.45) is 0.867. The molecule has 0 saturated carbocycles. The summed E-state index contributed by atoms with van der Waals surface area (Å²) < 4.78 is 0. The third-order valence-electron chi connectivity index (χ3n) is 3.40. The second kappa shape index (κ2) is 5.96. The number of rotatable bonds is 5. The topological polar surface area (TPSA) is 62.2 Å². The lowest BCUT2D eigenvalue weighted by Gasteiger charge is -2.29. The van der Waals surface area contributed by atoms with Gasteiger partial charge in [0.15, 0.2) is 0 Å². The zero-order valence-electron chi connectivity index (χ0n) is 11.5. The lowest BCUT2D eigenvalue weighted by Crippen LogP contribution is -2.45. The number of hydrogen-bond acceptors (Lipinski definition) is 3. The van der Waals surface area contributed by atoms with E-state index in [2.05, 4.69) is 10.3 Å². The second-order valence-corrected chi connectivity index (χ2v) is 5.01. The fraction of sp³-hybridized carbons (Fsp3) is 0.571. The molecule has 0 fully saturated rings. The van der Waals surface area contributed by atoms with E-state index in [1.54, 1.807) is 19.1 Å². The zero-order valence-corrected chi connectivity index (χ0v) is 11.5. The van der Waals surface area contributed by atoms with Crippen molar-refractivity contribution in [3.63, 3.8) is 0 Å². The van der Waals surface area contributed by atoms with Crippen LogP contribution in [0.2, 0.25) is 0 Å². The molecule has 0 spiro atoms. The molecule has 1 aromatic rings. The standard InChI is InChI=1S/C14H22N2O2/c1-5-10(2)14(4,18)9-15-13(17)12-8-6-7-11(3)16-12/h6-8,10,18H,5,9H2,1-4H3,(H,15,17). The van der Waals surface area contributed by atoms with Crippen LogP contribution in [0.25, 0.3) is 0 Å². The maximum absolute atomic E-state index is 11.9. The van der Waals surface area contributed by atoms with Gasteiger partial charge in [-0.15, -0.1) is 0 Å². The van der Waals surface area contributed by atoms with E-state index in [-0.39, 0.29) is 18.4 Å². The van der Waals surface area contributed by atoms with Gasteiger partial charge in [-0.25, -0.2) is 4.98 Å². The summed E-state index contributed by atoms with van der Waals surface area (Å²) >= 11 is 0. The summed E-state index contributed by atoms with van der Waals surface area (Å²) in [6.45, 7) is 7.80. The predicted octanol–water partition coefficient (Wildman–Crippen LogP) is 1.92. The van der Waals surface area contributed by atoms with E-state index in [0.717, 1.165) is 12.1 Å². The summed E-state index contributed by atoms with van der Waals surface area (Å²) in [5, 5.41) is 12.9. The van der Waals surface area contributed by atoms with Crippen LogP contribution in [-0.2, 0) is 0 Å². The van der Waals surface area contributed by atoms with Crippen LogP contribution in [0.4, 0.5) is 0 Å². The Hall–Kier alpha value is -1.42. The van der Waals surface area contributed by atoms with Crippen LogP contribution in [0.3, 0.4) is 0 Å². The van der Waals surface area contributed by atoms with Gasteiger partial charge in [-0.05, 0) is 31.9 Å². The predicted molar refractivity (Wildman–Crippen MR) is 71.4 cm³/mol. The van der Waals surface area contributed by atoms with Gasteiger partial charge in [-0.3, -0.25) is 4.79 Å². The van der Waals surface area contributed by atoms with E-state index >= 15 is 0 Å². The van der Waals surface area contributed by atoms with E-state index < -0.39 is 5.60 Å². The summed E-state index contributed by atoms with van der Waals surface area (Å²) in [7, 11) is 0. The maximum Gasteiger partial charge on any atom is 0.269 e. The smallest absolute Gasteiger partial charge is 0.269 e. The first-order valence-corrected chi connectivity index (χ1v) is 6.31. The van der Waals surface area contributed by atoms with Crippen molar-refractivity contribution in [2.24, 2.45) is 5.92 Å². The Bertz CT molecular complexity index is 416. The number of nitrogens with zero attached hydrogens (tertiary/aromatic N) is 1. The van der Waals surface area contributed by atoms with Gasteiger partial charge in [0.2, 0.25) is 0 Å². The molecule has 0 aliphatic carbocycles. The molecule has 2 unspecified atom stereocenters. The van der Waals surface area contributed by atoms with Crippen molar-refractivity contribution in [2.45, 2.75) is 39.7 Å². The molecule has 4 nitrogen and oxygen atoms in total. The van der Waals surface area contributed by atoms with Crippen molar-refractivity contribution in [1.82, 2.24) is 10.3 Å². The van der Waals surface area contributed by atoms with Crippen LogP contribution in [-0.4, -0.2) is 28.1 Å². The number of pyridine rings is 1. The first-order chi connectivity index (χ1) is 8.36. The zero-order chi connectivity index (χ0) is 13.8. The van der Waals surface area contributed by atoms with Crippen LogP contribution in [0.15, 0.2) is 18.2 Å². The monoisotopic (exact) mass is 250 g/mol. The molecule has 1 heterocycles. The van der Waals surface area contributed by atoms with Gasteiger partial charge in [0.25, 0.3) is 5.91 Å². The van der Waals surface area contributed by atoms with Crippen molar-refractivity contribution in [1.29, 1.82) is 0 Å². The Labute approximate surface area is 108 Å². The van der Waals surface area contributed by atoms with Crippen LogP contribution in [0.5, 0.6) is 0 Å². The molecule has 2 N–H and O–H groups in total. The van der Waals surface area contributed by atoms with Crippen molar-refractivity contribution in [3.8, 4) is 0 Å². The number of amides is 1. The molecule has 0 aliphatic rings. The molecule has 0 radical (unpaired) electrons. The van der Waals surface area contributed by atoms with Gasteiger partial charge in [0.05, 0.1) is 5.60 Å². The van der Waals surface area contributed by atoms with Crippen LogP contribution in [0.1, 0.15) is 43.4 Å². The number of aromatic nitrogens is 1. The van der Waals surface area contributed by atoms with Crippen molar-refractivity contribution in [2.75, 3.05) is 6.54 Å². The quantitative estimate of drug-likeness (QED) is 0.839. The van der Waals surface area contributed by atoms with Gasteiger partial charge < -0.3 is 10.4 Å². The van der Waals surface area contributed by atoms with Crippen molar-refractivity contribution in [3.05, 3.63) is 29.6 Å². The summed E-state index contributed by atoms with van der Waals surface area (Å²) in [5.74, 6) is -0.120. The number of carbonyl (C=O) groups excluding carboxylic acids is 1. The maximum atomic E-state index is 11.9. The van der Waals surface area contributed by atoms with Crippen molar-refractivity contribution >= 4 is 5.91 Å². The minimum Gasteiger partial charge on any atom is -0.388 e. The Morgan fingerprint density at radius 3 is 2.78 bits per heavy atom. The largest absolute Gasteiger partial charge is 0.388 e. The summed E-state index contributed by atoms with van der Waals surface area (Å²) in [4.78, 5) is 16.0. The molecule has 2 atom stereocenters. The van der Waals surface area contributed by atoms with E-state index in [0.29, 0.717) is 5.69 Å². The fourth-order valence-corrected chi connectivity index (χ4v) is 1.63. The number of hydrogen-bond donors (Lipinski definition) is 2. The minimum absolute atomic E-state index is 0.128. The highest BCUT2D eigenvalue weighted by Gasteiger charge is 2.27. The van der Waals surface area contributed by atoms with Crippen LogP contribution in [0, 0.1) is 12.8 Å². The van der Waals surface area contributed by atoms with Gasteiger partial charge >= 0.3 is 0 Å². The summed E-state index contributed by atoms with van der Waals surface area (Å²) in [6, 6.07) is 5.30. The average molecular weight is 250 g/mol. The minimum atomic E-state index is -0.895. The number of nitrogens with one attached hydrogen (secondary N) is 1. The van der Waals surface area contributed by atoms with E-state index in [1.807, 2.05) is 26.8 Å². The Morgan fingerprint density at radius 1 is 1.56 bits per heavy atom. The van der Waals surface area contributed by atoms with Crippen LogP contribution >= 0.6 is 0 Å². The number of aliphatic hydroxyl groups is 1. The first-order valence-electron chi connectivity index (χ1n) is 6.31. The van der Waals surface area contributed by atoms with Gasteiger partial charge in [-0.2, -0.15) is 0 Å². The molecule has 100 valence electrons. The SMILES string of the molecule is CCC(C)C(C)(O)CNC(=O)c1cccc(C)n1. The molecule has 0 aromatic carbocycles. The third-order valence-corrected chi connectivity index (χ3v) is 3.40. The average Bonchev–Trinajstić information content (AvgIpc) is 2.35. The molecule has 4 heteroatoms. The van der Waals surface area contributed by atoms with Gasteiger partial charge in [0.1, 0.15) is 5.69 Å². The Morgan fingerprint density at radius 2 is 2.22 bits per heavy atom. The lowest BCUT2D eigenvalue weighted by atomic mass is 9.88. The molecule has 0 aliphatic heterocycles. The molecule has 18 heavy (non-hydrogen) atoms. The normalized spacial score (nSPS) is 15.8. The summed E-state index contributed by atoms with van der Waals surface area (Å²) in [5.41, 5.74) is 0.292. The molecule has 0 bridgehead atoms. The highest BCUT2D eigenvalue weighted by molar-refractivity contribution is 5.92. The van der Waals surface area contributed by atoms with E-state index in [1.165, 1.54) is 0 Å². The lowest BCUT2D eigenvalue weighted by molar-refractivity contribution is 0.00588. The molecular weight excluding hydrogens is 228 g/mol. The fourth-order valence-electron chi connectivity index (χ4n) is 1.63. The van der Waals surface area contributed by atoms with E-state index in [4.69, 9.17) is 0 Å². The molecule has 1 aromatic heterocycles. The van der Waals surface area contributed by atoms with Gasteiger partial charge in [-0.1, -0.05) is 26.3 Å². The third kappa shape index (κ3) is 3.81. The Kier molecular flexibility index (Phi) is 4.84. The highest BCUT2D eigenvalue weighted by atomic mass is 16.3. The first kappa shape index (κ1) is 14.6. The Balaban J connectivity index is 2.61. The highest BCUT2D eigenvalue weighted by Crippen LogP contribution is 2.18. The van der Waals surface area contributed by atoms with E-state index in [9.17, 15) is 9.90 Å². The van der Waals surface area contributed by atoms with Crippen molar-refractivity contribution < 1.29 is 9.90 Å². The van der Waals surface area contributed by atoms with Gasteiger partial charge in [0, 0.05) is 12.2 Å².